The number of hydrogen-bond acceptors (Lipinski definition) is 5. The summed E-state index contributed by atoms with van der Waals surface area (Å²) in [6.45, 7) is 3.92. The van der Waals surface area contributed by atoms with Gasteiger partial charge in [0.1, 0.15) is 11.6 Å². The SMILES string of the molecule is Cc1cnc(N)nc1NC(C)c1ccco1. The van der Waals surface area contributed by atoms with Crippen LogP contribution in [-0.4, -0.2) is 9.97 Å². The Balaban J connectivity index is 2.17. The molecule has 2 heterocycles. The van der Waals surface area contributed by atoms with Crippen molar-refractivity contribution in [1.29, 1.82) is 0 Å². The van der Waals surface area contributed by atoms with Gasteiger partial charge in [0.05, 0.1) is 12.3 Å². The largest absolute Gasteiger partial charge is 0.467 e. The van der Waals surface area contributed by atoms with E-state index < -0.39 is 0 Å². The summed E-state index contributed by atoms with van der Waals surface area (Å²) in [5, 5.41) is 3.23. The normalized spacial score (nSPS) is 12.4. The summed E-state index contributed by atoms with van der Waals surface area (Å²) >= 11 is 0. The molecule has 2 aromatic rings. The minimum Gasteiger partial charge on any atom is -0.467 e. The van der Waals surface area contributed by atoms with E-state index in [1.807, 2.05) is 26.0 Å². The predicted octanol–water partition coefficient (Wildman–Crippen LogP) is 2.13. The first-order valence-electron chi connectivity index (χ1n) is 5.06. The molecule has 0 aliphatic rings. The Labute approximate surface area is 93.7 Å². The average Bonchev–Trinajstić information content (AvgIpc) is 2.76. The lowest BCUT2D eigenvalue weighted by Gasteiger charge is -2.13. The maximum Gasteiger partial charge on any atom is 0.221 e. The third-order valence-corrected chi connectivity index (χ3v) is 2.31. The molecule has 2 aromatic heterocycles. The van der Waals surface area contributed by atoms with Crippen LogP contribution in [0.5, 0.6) is 0 Å². The molecular weight excluding hydrogens is 204 g/mol. The fourth-order valence-corrected chi connectivity index (χ4v) is 1.42. The van der Waals surface area contributed by atoms with Crippen LogP contribution in [-0.2, 0) is 0 Å². The first kappa shape index (κ1) is 10.5. The second-order valence-corrected chi connectivity index (χ2v) is 3.64. The summed E-state index contributed by atoms with van der Waals surface area (Å²) in [7, 11) is 0. The molecule has 0 aromatic carbocycles. The Morgan fingerprint density at radius 2 is 2.31 bits per heavy atom. The van der Waals surface area contributed by atoms with Crippen LogP contribution in [0.4, 0.5) is 11.8 Å². The molecule has 0 fully saturated rings. The van der Waals surface area contributed by atoms with Gasteiger partial charge < -0.3 is 15.5 Å². The summed E-state index contributed by atoms with van der Waals surface area (Å²) in [6.07, 6.45) is 3.34. The van der Waals surface area contributed by atoms with Gasteiger partial charge in [-0.15, -0.1) is 0 Å². The first-order valence-corrected chi connectivity index (χ1v) is 5.06. The van der Waals surface area contributed by atoms with Gasteiger partial charge in [-0.25, -0.2) is 4.98 Å². The van der Waals surface area contributed by atoms with Crippen LogP contribution in [0.3, 0.4) is 0 Å². The van der Waals surface area contributed by atoms with Crippen LogP contribution in [0.15, 0.2) is 29.0 Å². The highest BCUT2D eigenvalue weighted by Crippen LogP contribution is 2.20. The first-order chi connectivity index (χ1) is 7.66. The summed E-state index contributed by atoms with van der Waals surface area (Å²) < 4.78 is 5.30. The quantitative estimate of drug-likeness (QED) is 0.825. The van der Waals surface area contributed by atoms with Crippen molar-refractivity contribution >= 4 is 11.8 Å². The van der Waals surface area contributed by atoms with Gasteiger partial charge in [0.2, 0.25) is 5.95 Å². The van der Waals surface area contributed by atoms with Gasteiger partial charge in [-0.3, -0.25) is 0 Å². The highest BCUT2D eigenvalue weighted by atomic mass is 16.3. The van der Waals surface area contributed by atoms with Crippen molar-refractivity contribution < 1.29 is 4.42 Å². The van der Waals surface area contributed by atoms with E-state index in [0.717, 1.165) is 17.1 Å². The van der Waals surface area contributed by atoms with E-state index in [2.05, 4.69) is 15.3 Å². The fourth-order valence-electron chi connectivity index (χ4n) is 1.42. The zero-order valence-corrected chi connectivity index (χ0v) is 9.27. The van der Waals surface area contributed by atoms with Gasteiger partial charge in [-0.05, 0) is 26.0 Å². The maximum atomic E-state index is 5.54. The highest BCUT2D eigenvalue weighted by molar-refractivity contribution is 5.46. The lowest BCUT2D eigenvalue weighted by Crippen LogP contribution is -2.10. The summed E-state index contributed by atoms with van der Waals surface area (Å²) in [6, 6.07) is 3.81. The number of nitrogens with zero attached hydrogens (tertiary/aromatic N) is 2. The van der Waals surface area contributed by atoms with E-state index in [0.29, 0.717) is 0 Å². The third-order valence-electron chi connectivity index (χ3n) is 2.31. The van der Waals surface area contributed by atoms with Crippen LogP contribution in [0.25, 0.3) is 0 Å². The van der Waals surface area contributed by atoms with Crippen molar-refractivity contribution in [2.75, 3.05) is 11.1 Å². The second-order valence-electron chi connectivity index (χ2n) is 3.64. The lowest BCUT2D eigenvalue weighted by atomic mass is 10.2. The minimum atomic E-state index is 0.0444. The molecule has 5 heteroatoms. The molecule has 5 nitrogen and oxygen atoms in total. The van der Waals surface area contributed by atoms with Crippen molar-refractivity contribution in [3.05, 3.63) is 35.9 Å². The minimum absolute atomic E-state index is 0.0444. The Kier molecular flexibility index (Phi) is 2.76. The molecule has 0 spiro atoms. The topological polar surface area (TPSA) is 77.0 Å². The van der Waals surface area contributed by atoms with Gasteiger partial charge in [-0.1, -0.05) is 0 Å². The zero-order valence-electron chi connectivity index (χ0n) is 9.27. The molecule has 0 amide bonds. The molecular formula is C11H14N4O. The van der Waals surface area contributed by atoms with Crippen LogP contribution < -0.4 is 11.1 Å². The molecule has 1 unspecified atom stereocenters. The molecule has 84 valence electrons. The zero-order chi connectivity index (χ0) is 11.5. The van der Waals surface area contributed by atoms with Crippen molar-refractivity contribution in [2.24, 2.45) is 0 Å². The number of anilines is 2. The van der Waals surface area contributed by atoms with Gasteiger partial charge in [0.15, 0.2) is 0 Å². The summed E-state index contributed by atoms with van der Waals surface area (Å²) in [5.41, 5.74) is 6.49. The second kappa shape index (κ2) is 4.22. The number of nitrogens with two attached hydrogens (primary N) is 1. The molecule has 0 saturated carbocycles. The third kappa shape index (κ3) is 2.13. The van der Waals surface area contributed by atoms with Gasteiger partial charge in [-0.2, -0.15) is 4.98 Å². The smallest absolute Gasteiger partial charge is 0.221 e. The van der Waals surface area contributed by atoms with E-state index >= 15 is 0 Å². The number of nitrogens with one attached hydrogen (secondary N) is 1. The number of hydrogen-bond donors (Lipinski definition) is 2. The van der Waals surface area contributed by atoms with Crippen molar-refractivity contribution in [3.63, 3.8) is 0 Å². The fraction of sp³-hybridized carbons (Fsp3) is 0.273. The predicted molar refractivity (Wildman–Crippen MR) is 61.9 cm³/mol. The van der Waals surface area contributed by atoms with Gasteiger partial charge >= 0.3 is 0 Å². The van der Waals surface area contributed by atoms with Crippen LogP contribution >= 0.6 is 0 Å². The maximum absolute atomic E-state index is 5.54. The van der Waals surface area contributed by atoms with E-state index in [1.54, 1.807) is 12.5 Å². The standard InChI is InChI=1S/C11H14N4O/c1-7-6-13-11(12)15-10(7)14-8(2)9-4-3-5-16-9/h3-6,8H,1-2H3,(H3,12,13,14,15). The summed E-state index contributed by atoms with van der Waals surface area (Å²) in [4.78, 5) is 8.05. The molecule has 16 heavy (non-hydrogen) atoms. The molecule has 0 radical (unpaired) electrons. The number of furan rings is 1. The van der Waals surface area contributed by atoms with Crippen molar-refractivity contribution in [1.82, 2.24) is 9.97 Å². The van der Waals surface area contributed by atoms with Gasteiger partial charge in [0, 0.05) is 11.8 Å². The summed E-state index contributed by atoms with van der Waals surface area (Å²) in [5.74, 6) is 1.85. The Morgan fingerprint density at radius 1 is 1.50 bits per heavy atom. The number of rotatable bonds is 3. The Hall–Kier alpha value is -2.04. The Morgan fingerprint density at radius 3 is 3.00 bits per heavy atom. The van der Waals surface area contributed by atoms with Crippen molar-refractivity contribution in [2.45, 2.75) is 19.9 Å². The molecule has 0 bridgehead atoms. The number of nitrogen functional groups attached to an aromatic ring is 1. The van der Waals surface area contributed by atoms with E-state index in [4.69, 9.17) is 10.2 Å². The lowest BCUT2D eigenvalue weighted by molar-refractivity contribution is 0.490. The average molecular weight is 218 g/mol. The monoisotopic (exact) mass is 218 g/mol. The van der Waals surface area contributed by atoms with Crippen LogP contribution in [0, 0.1) is 6.92 Å². The molecule has 0 aliphatic carbocycles. The Bertz CT molecular complexity index is 467. The van der Waals surface area contributed by atoms with E-state index in [9.17, 15) is 0 Å². The van der Waals surface area contributed by atoms with Crippen LogP contribution in [0.1, 0.15) is 24.3 Å². The van der Waals surface area contributed by atoms with E-state index in [-0.39, 0.29) is 12.0 Å². The molecule has 2 rings (SSSR count). The molecule has 1 atom stereocenters. The highest BCUT2D eigenvalue weighted by Gasteiger charge is 2.10. The van der Waals surface area contributed by atoms with E-state index in [1.165, 1.54) is 0 Å². The number of aryl methyl sites for hydroxylation is 1. The number of aromatic nitrogens is 2. The van der Waals surface area contributed by atoms with Crippen LogP contribution in [0.2, 0.25) is 0 Å². The molecule has 0 aliphatic heterocycles. The molecule has 0 saturated heterocycles. The van der Waals surface area contributed by atoms with Crippen molar-refractivity contribution in [3.8, 4) is 0 Å². The van der Waals surface area contributed by atoms with Gasteiger partial charge in [0.25, 0.3) is 0 Å². The molecule has 3 N–H and O–H groups in total.